The van der Waals surface area contributed by atoms with Crippen molar-refractivity contribution in [1.29, 1.82) is 0 Å². The van der Waals surface area contributed by atoms with Crippen LogP contribution < -0.4 is 4.90 Å². The number of anilines is 3. The van der Waals surface area contributed by atoms with Crippen LogP contribution in [0.1, 0.15) is 0 Å². The van der Waals surface area contributed by atoms with Gasteiger partial charge in [0.1, 0.15) is 11.2 Å². The molecule has 2 aromatic heterocycles. The number of hydrogen-bond acceptors (Lipinski definition) is 3. The van der Waals surface area contributed by atoms with Crippen molar-refractivity contribution in [2.24, 2.45) is 0 Å². The minimum absolute atomic E-state index is 0.927. The lowest BCUT2D eigenvalue weighted by Gasteiger charge is -2.27. The molecule has 3 heteroatoms. The van der Waals surface area contributed by atoms with E-state index in [0.717, 1.165) is 39.0 Å². The Morgan fingerprint density at radius 2 is 1.19 bits per heavy atom. The summed E-state index contributed by atoms with van der Waals surface area (Å²) in [5, 5.41) is 7.18. The van der Waals surface area contributed by atoms with Crippen LogP contribution in [0.4, 0.5) is 17.1 Å². The summed E-state index contributed by atoms with van der Waals surface area (Å²) in [5.41, 5.74) is 5.33. The fourth-order valence-electron chi connectivity index (χ4n) is 5.64. The molecule has 0 saturated carbocycles. The molecule has 0 saturated heterocycles. The van der Waals surface area contributed by atoms with E-state index < -0.39 is 0 Å². The quantitative estimate of drug-likeness (QED) is 0.244. The molecule has 0 fully saturated rings. The topological polar surface area (TPSA) is 16.4 Å². The van der Waals surface area contributed by atoms with Crippen molar-refractivity contribution in [3.8, 4) is 0 Å². The van der Waals surface area contributed by atoms with Crippen LogP contribution in [0.2, 0.25) is 0 Å². The normalized spacial score (nSPS) is 11.8. The molecule has 2 heterocycles. The summed E-state index contributed by atoms with van der Waals surface area (Å²) in [6.07, 6.45) is 0. The van der Waals surface area contributed by atoms with E-state index >= 15 is 0 Å². The third kappa shape index (κ3) is 3.05. The van der Waals surface area contributed by atoms with Gasteiger partial charge in [-0.15, -0.1) is 11.3 Å². The standard InChI is InChI=1S/C34H21NOS/c1-2-12-23(13-3-1)35(27-16-8-11-22-10-4-5-14-24(22)27)28-17-9-19-30-32(28)33-31(37-30)21-20-26-25-15-6-7-18-29(25)36-34(26)33/h1-21H. The van der Waals surface area contributed by atoms with E-state index in [-0.39, 0.29) is 0 Å². The first-order valence-corrected chi connectivity index (χ1v) is 13.3. The van der Waals surface area contributed by atoms with Gasteiger partial charge in [0.25, 0.3) is 0 Å². The van der Waals surface area contributed by atoms with Gasteiger partial charge in [-0.25, -0.2) is 0 Å². The van der Waals surface area contributed by atoms with Gasteiger partial charge in [0.05, 0.1) is 11.4 Å². The first-order chi connectivity index (χ1) is 18.4. The fourth-order valence-corrected chi connectivity index (χ4v) is 6.77. The summed E-state index contributed by atoms with van der Waals surface area (Å²) in [6, 6.07) is 45.2. The molecular formula is C34H21NOS. The number of nitrogens with zero attached hydrogens (tertiary/aromatic N) is 1. The Morgan fingerprint density at radius 1 is 0.486 bits per heavy atom. The van der Waals surface area contributed by atoms with Gasteiger partial charge in [0, 0.05) is 42.0 Å². The van der Waals surface area contributed by atoms with E-state index in [9.17, 15) is 0 Å². The van der Waals surface area contributed by atoms with Crippen molar-refractivity contribution in [2.45, 2.75) is 0 Å². The highest BCUT2D eigenvalue weighted by molar-refractivity contribution is 7.26. The minimum Gasteiger partial charge on any atom is -0.455 e. The van der Waals surface area contributed by atoms with E-state index in [2.05, 4.69) is 126 Å². The Bertz CT molecular complexity index is 2100. The summed E-state index contributed by atoms with van der Waals surface area (Å²) >= 11 is 1.83. The van der Waals surface area contributed by atoms with Crippen molar-refractivity contribution in [1.82, 2.24) is 0 Å². The number of furan rings is 1. The molecule has 8 rings (SSSR count). The molecule has 0 N–H and O–H groups in total. The van der Waals surface area contributed by atoms with Crippen molar-refractivity contribution >= 4 is 81.3 Å². The monoisotopic (exact) mass is 491 g/mol. The highest BCUT2D eigenvalue weighted by Crippen LogP contribution is 2.48. The summed E-state index contributed by atoms with van der Waals surface area (Å²) in [7, 11) is 0. The third-order valence-corrected chi connectivity index (χ3v) is 8.37. The molecule has 0 aliphatic heterocycles. The summed E-state index contributed by atoms with van der Waals surface area (Å²) in [5.74, 6) is 0. The van der Waals surface area contributed by atoms with E-state index in [1.54, 1.807) is 0 Å². The Labute approximate surface area is 217 Å². The molecule has 0 aliphatic carbocycles. The van der Waals surface area contributed by atoms with Gasteiger partial charge in [-0.05, 0) is 53.9 Å². The van der Waals surface area contributed by atoms with Gasteiger partial charge < -0.3 is 9.32 Å². The summed E-state index contributed by atoms with van der Waals surface area (Å²) in [6.45, 7) is 0. The smallest absolute Gasteiger partial charge is 0.144 e. The van der Waals surface area contributed by atoms with E-state index in [0.29, 0.717) is 0 Å². The molecule has 0 spiro atoms. The molecule has 0 bridgehead atoms. The number of benzene rings is 6. The van der Waals surface area contributed by atoms with Gasteiger partial charge in [-0.1, -0.05) is 78.9 Å². The second-order valence-electron chi connectivity index (χ2n) is 9.34. The van der Waals surface area contributed by atoms with Gasteiger partial charge in [-0.2, -0.15) is 0 Å². The Balaban J connectivity index is 1.53. The lowest BCUT2D eigenvalue weighted by Crippen LogP contribution is -2.10. The first kappa shape index (κ1) is 20.6. The Hall–Kier alpha value is -4.60. The van der Waals surface area contributed by atoms with Gasteiger partial charge in [-0.3, -0.25) is 0 Å². The van der Waals surface area contributed by atoms with Gasteiger partial charge in [0.2, 0.25) is 0 Å². The minimum atomic E-state index is 0.927. The maximum atomic E-state index is 6.54. The number of fused-ring (bicyclic) bond motifs is 8. The van der Waals surface area contributed by atoms with E-state index in [4.69, 9.17) is 4.42 Å². The number of hydrogen-bond donors (Lipinski definition) is 0. The number of thiophene rings is 1. The molecule has 8 aromatic rings. The van der Waals surface area contributed by atoms with E-state index in [1.807, 2.05) is 17.4 Å². The second kappa shape index (κ2) is 7.95. The van der Waals surface area contributed by atoms with Crippen LogP contribution in [0.25, 0.3) is 52.9 Å². The summed E-state index contributed by atoms with van der Waals surface area (Å²) in [4.78, 5) is 2.40. The first-order valence-electron chi connectivity index (χ1n) is 12.5. The predicted molar refractivity (Wildman–Crippen MR) is 159 cm³/mol. The molecular weight excluding hydrogens is 470 g/mol. The van der Waals surface area contributed by atoms with Crippen LogP contribution in [0.3, 0.4) is 0 Å². The molecule has 0 aliphatic rings. The largest absolute Gasteiger partial charge is 0.455 e. The van der Waals surface area contributed by atoms with Crippen LogP contribution in [0.5, 0.6) is 0 Å². The predicted octanol–water partition coefficient (Wildman–Crippen LogP) is 10.6. The molecule has 37 heavy (non-hydrogen) atoms. The average molecular weight is 492 g/mol. The SMILES string of the molecule is c1ccc(N(c2cccc3ccccc23)c2cccc3sc4ccc5c6ccccc6oc5c4c23)cc1. The molecule has 0 amide bonds. The molecule has 0 unspecified atom stereocenters. The van der Waals surface area contributed by atoms with E-state index in [1.165, 1.54) is 30.9 Å². The zero-order valence-corrected chi connectivity index (χ0v) is 20.7. The maximum Gasteiger partial charge on any atom is 0.144 e. The Kier molecular flexibility index (Phi) is 4.42. The molecule has 2 nitrogen and oxygen atoms in total. The highest BCUT2D eigenvalue weighted by Gasteiger charge is 2.22. The van der Waals surface area contributed by atoms with Crippen LogP contribution >= 0.6 is 11.3 Å². The summed E-state index contributed by atoms with van der Waals surface area (Å²) < 4.78 is 9.02. The highest BCUT2D eigenvalue weighted by atomic mass is 32.1. The maximum absolute atomic E-state index is 6.54. The van der Waals surface area contributed by atoms with Crippen LogP contribution in [0.15, 0.2) is 132 Å². The zero-order valence-electron chi connectivity index (χ0n) is 19.9. The second-order valence-corrected chi connectivity index (χ2v) is 10.4. The average Bonchev–Trinajstić information content (AvgIpc) is 3.53. The fraction of sp³-hybridized carbons (Fsp3) is 0. The lowest BCUT2D eigenvalue weighted by molar-refractivity contribution is 0.673. The number of para-hydroxylation sites is 2. The zero-order chi connectivity index (χ0) is 24.3. The van der Waals surface area contributed by atoms with Crippen molar-refractivity contribution in [3.63, 3.8) is 0 Å². The van der Waals surface area contributed by atoms with Crippen molar-refractivity contribution in [3.05, 3.63) is 127 Å². The molecule has 0 radical (unpaired) electrons. The van der Waals surface area contributed by atoms with Crippen LogP contribution in [-0.2, 0) is 0 Å². The third-order valence-electron chi connectivity index (χ3n) is 7.25. The van der Waals surface area contributed by atoms with Gasteiger partial charge >= 0.3 is 0 Å². The van der Waals surface area contributed by atoms with Crippen molar-refractivity contribution in [2.75, 3.05) is 4.90 Å². The van der Waals surface area contributed by atoms with Crippen LogP contribution in [-0.4, -0.2) is 0 Å². The lowest BCUT2D eigenvalue weighted by atomic mass is 10.0. The molecule has 6 aromatic carbocycles. The van der Waals surface area contributed by atoms with Crippen LogP contribution in [0, 0.1) is 0 Å². The molecule has 0 atom stereocenters. The Morgan fingerprint density at radius 3 is 2.11 bits per heavy atom. The number of rotatable bonds is 3. The van der Waals surface area contributed by atoms with Crippen molar-refractivity contribution < 1.29 is 4.42 Å². The molecule has 174 valence electrons. The van der Waals surface area contributed by atoms with Gasteiger partial charge in [0.15, 0.2) is 0 Å².